The summed E-state index contributed by atoms with van der Waals surface area (Å²) >= 11 is 0. The normalized spacial score (nSPS) is 11.2. The highest BCUT2D eigenvalue weighted by molar-refractivity contribution is 5.94. The maximum atomic E-state index is 5.63. The Morgan fingerprint density at radius 2 is 1.86 bits per heavy atom. The highest BCUT2D eigenvalue weighted by atomic mass is 16.6. The second kappa shape index (κ2) is 12.0. The third-order valence-corrected chi connectivity index (χ3v) is 2.89. The minimum absolute atomic E-state index is 0.648. The third-order valence-electron chi connectivity index (χ3n) is 2.89. The van der Waals surface area contributed by atoms with E-state index in [2.05, 4.69) is 11.7 Å². The zero-order chi connectivity index (χ0) is 15.2. The smallest absolute Gasteiger partial charge is 0.119 e. The summed E-state index contributed by atoms with van der Waals surface area (Å²) in [5.41, 5.74) is 0.814. The van der Waals surface area contributed by atoms with E-state index in [9.17, 15) is 0 Å². The largest absolute Gasteiger partial charge is 0.494 e. The molecule has 0 aliphatic heterocycles. The maximum Gasteiger partial charge on any atom is 0.119 e. The van der Waals surface area contributed by atoms with Crippen LogP contribution in [-0.2, 0) is 9.57 Å². The van der Waals surface area contributed by atoms with Crippen LogP contribution in [0.15, 0.2) is 48.1 Å². The van der Waals surface area contributed by atoms with Crippen LogP contribution in [0.25, 0.3) is 0 Å². The van der Waals surface area contributed by atoms with Gasteiger partial charge in [0.2, 0.25) is 0 Å². The molecule has 0 fully saturated rings. The molecule has 0 aliphatic carbocycles. The fourth-order valence-electron chi connectivity index (χ4n) is 1.77. The second-order valence-electron chi connectivity index (χ2n) is 4.55. The molecule has 0 saturated heterocycles. The lowest BCUT2D eigenvalue weighted by Gasteiger charge is -2.06. The number of oxime groups is 1. The molecule has 1 aromatic rings. The lowest BCUT2D eigenvalue weighted by molar-refractivity contribution is 0.134. The average Bonchev–Trinajstić information content (AvgIpc) is 2.53. The van der Waals surface area contributed by atoms with Crippen LogP contribution in [0.5, 0.6) is 5.75 Å². The summed E-state index contributed by atoms with van der Waals surface area (Å²) in [5, 5.41) is 3.83. The van der Waals surface area contributed by atoms with E-state index in [-0.39, 0.29) is 0 Å². The number of para-hydroxylation sites is 1. The summed E-state index contributed by atoms with van der Waals surface area (Å²) in [6, 6.07) is 9.89. The Balaban J connectivity index is 1.91. The zero-order valence-corrected chi connectivity index (χ0v) is 12.8. The number of unbranched alkanes of at least 4 members (excludes halogenated alkanes) is 2. The summed E-state index contributed by atoms with van der Waals surface area (Å²) in [5.74, 6) is 0.933. The van der Waals surface area contributed by atoms with Gasteiger partial charge < -0.3 is 14.3 Å². The molecule has 21 heavy (non-hydrogen) atoms. The molecule has 0 spiro atoms. The van der Waals surface area contributed by atoms with E-state index in [0.29, 0.717) is 6.61 Å². The lowest BCUT2D eigenvalue weighted by Crippen LogP contribution is -2.04. The van der Waals surface area contributed by atoms with Gasteiger partial charge in [-0.25, -0.2) is 0 Å². The van der Waals surface area contributed by atoms with Crippen molar-refractivity contribution < 1.29 is 14.3 Å². The summed E-state index contributed by atoms with van der Waals surface area (Å²) in [6.45, 7) is 5.84. The van der Waals surface area contributed by atoms with Gasteiger partial charge in [-0.1, -0.05) is 29.9 Å². The molecular weight excluding hydrogens is 266 g/mol. The monoisotopic (exact) mass is 291 g/mol. The SMILES string of the molecule is C=C/C(CCOCCCCCOc1ccccc1)=N\OC. The van der Waals surface area contributed by atoms with Crippen LogP contribution in [0, 0.1) is 0 Å². The van der Waals surface area contributed by atoms with Gasteiger partial charge in [-0.2, -0.15) is 0 Å². The van der Waals surface area contributed by atoms with Gasteiger partial charge in [0.1, 0.15) is 12.9 Å². The van der Waals surface area contributed by atoms with Gasteiger partial charge in [0.05, 0.1) is 18.9 Å². The fraction of sp³-hybridized carbons (Fsp3) is 0.471. The van der Waals surface area contributed by atoms with Crippen LogP contribution in [0.1, 0.15) is 25.7 Å². The molecule has 0 bridgehead atoms. The number of benzene rings is 1. The molecule has 0 aliphatic rings. The van der Waals surface area contributed by atoms with E-state index in [0.717, 1.165) is 50.4 Å². The van der Waals surface area contributed by atoms with Crippen molar-refractivity contribution in [3.8, 4) is 5.75 Å². The molecule has 0 radical (unpaired) electrons. The van der Waals surface area contributed by atoms with Crippen LogP contribution < -0.4 is 4.74 Å². The number of allylic oxidation sites excluding steroid dienone is 1. The molecule has 0 amide bonds. The van der Waals surface area contributed by atoms with Crippen molar-refractivity contribution >= 4 is 5.71 Å². The minimum Gasteiger partial charge on any atom is -0.494 e. The summed E-state index contributed by atoms with van der Waals surface area (Å²) in [7, 11) is 1.53. The van der Waals surface area contributed by atoms with Gasteiger partial charge in [0.25, 0.3) is 0 Å². The molecule has 0 heterocycles. The topological polar surface area (TPSA) is 40.0 Å². The number of rotatable bonds is 12. The minimum atomic E-state index is 0.648. The van der Waals surface area contributed by atoms with Crippen molar-refractivity contribution in [2.75, 3.05) is 26.9 Å². The van der Waals surface area contributed by atoms with Gasteiger partial charge >= 0.3 is 0 Å². The summed E-state index contributed by atoms with van der Waals surface area (Å²) in [4.78, 5) is 4.70. The molecule has 4 heteroatoms. The predicted octanol–water partition coefficient (Wildman–Crippen LogP) is 3.83. The van der Waals surface area contributed by atoms with Crippen molar-refractivity contribution in [1.29, 1.82) is 0 Å². The summed E-state index contributed by atoms with van der Waals surface area (Å²) < 4.78 is 11.2. The van der Waals surface area contributed by atoms with Crippen LogP contribution in [-0.4, -0.2) is 32.6 Å². The van der Waals surface area contributed by atoms with Crippen molar-refractivity contribution in [3.05, 3.63) is 43.0 Å². The van der Waals surface area contributed by atoms with Gasteiger partial charge in [-0.05, 0) is 37.5 Å². The second-order valence-corrected chi connectivity index (χ2v) is 4.55. The quantitative estimate of drug-likeness (QED) is 0.334. The van der Waals surface area contributed by atoms with E-state index in [1.807, 2.05) is 30.3 Å². The zero-order valence-electron chi connectivity index (χ0n) is 12.8. The van der Waals surface area contributed by atoms with Gasteiger partial charge in [-0.15, -0.1) is 0 Å². The molecule has 0 saturated carbocycles. The summed E-state index contributed by atoms with van der Waals surface area (Å²) in [6.07, 6.45) is 5.61. The highest BCUT2D eigenvalue weighted by Crippen LogP contribution is 2.09. The number of hydrogen-bond acceptors (Lipinski definition) is 4. The Hall–Kier alpha value is -1.81. The molecule has 0 aromatic heterocycles. The van der Waals surface area contributed by atoms with Crippen molar-refractivity contribution in [2.45, 2.75) is 25.7 Å². The van der Waals surface area contributed by atoms with Gasteiger partial charge in [0.15, 0.2) is 0 Å². The Labute approximate surface area is 127 Å². The Morgan fingerprint density at radius 3 is 2.57 bits per heavy atom. The fourth-order valence-corrected chi connectivity index (χ4v) is 1.77. The first-order valence-corrected chi connectivity index (χ1v) is 7.35. The Morgan fingerprint density at radius 1 is 1.10 bits per heavy atom. The van der Waals surface area contributed by atoms with Crippen molar-refractivity contribution in [2.24, 2.45) is 5.16 Å². The van der Waals surface area contributed by atoms with Gasteiger partial charge in [0, 0.05) is 13.0 Å². The first kappa shape index (κ1) is 17.2. The van der Waals surface area contributed by atoms with Gasteiger partial charge in [-0.3, -0.25) is 0 Å². The molecule has 0 N–H and O–H groups in total. The van der Waals surface area contributed by atoms with E-state index in [4.69, 9.17) is 14.3 Å². The first-order valence-electron chi connectivity index (χ1n) is 7.35. The van der Waals surface area contributed by atoms with Crippen molar-refractivity contribution in [1.82, 2.24) is 0 Å². The number of nitrogens with zero attached hydrogens (tertiary/aromatic N) is 1. The molecule has 116 valence electrons. The predicted molar refractivity (Wildman–Crippen MR) is 85.9 cm³/mol. The van der Waals surface area contributed by atoms with Crippen LogP contribution in [0.2, 0.25) is 0 Å². The van der Waals surface area contributed by atoms with E-state index >= 15 is 0 Å². The third kappa shape index (κ3) is 8.87. The molecule has 0 atom stereocenters. The lowest BCUT2D eigenvalue weighted by atomic mass is 10.2. The van der Waals surface area contributed by atoms with Crippen LogP contribution >= 0.6 is 0 Å². The number of ether oxygens (including phenoxy) is 2. The Bertz CT molecular complexity index is 404. The van der Waals surface area contributed by atoms with E-state index < -0.39 is 0 Å². The Kier molecular flexibility index (Phi) is 9.83. The van der Waals surface area contributed by atoms with Crippen LogP contribution in [0.4, 0.5) is 0 Å². The number of hydrogen-bond donors (Lipinski definition) is 0. The molecule has 1 rings (SSSR count). The highest BCUT2D eigenvalue weighted by Gasteiger charge is 1.96. The van der Waals surface area contributed by atoms with Crippen LogP contribution in [0.3, 0.4) is 0 Å². The molecule has 1 aromatic carbocycles. The van der Waals surface area contributed by atoms with Crippen molar-refractivity contribution in [3.63, 3.8) is 0 Å². The van der Waals surface area contributed by atoms with E-state index in [1.54, 1.807) is 6.08 Å². The molecular formula is C17H25NO3. The maximum absolute atomic E-state index is 5.63. The average molecular weight is 291 g/mol. The van der Waals surface area contributed by atoms with E-state index in [1.165, 1.54) is 7.11 Å². The standard InChI is InChI=1S/C17H25NO3/c1-3-16(18-19-2)12-15-20-13-8-5-9-14-21-17-10-6-4-7-11-17/h3-4,6-7,10-11H,1,5,8-9,12-15H2,2H3/b18-16+. The molecule has 0 unspecified atom stereocenters. The molecule has 4 nitrogen and oxygen atoms in total. The first-order chi connectivity index (χ1) is 10.4.